The largest absolute Gasteiger partial charge is 0.487 e. The standard InChI is InChI=1S/C16H22BrNO2/c1-11(2)18-7-5-16(6-8-18)10-14(19)13-9-12(17)3-4-15(13)20-16/h3-4,9,11,14,19H,5-8,10H2,1-2H3. The fourth-order valence-corrected chi connectivity index (χ4v) is 3.74. The number of ether oxygens (including phenoxy) is 1. The summed E-state index contributed by atoms with van der Waals surface area (Å²) in [5.41, 5.74) is 0.738. The van der Waals surface area contributed by atoms with Gasteiger partial charge in [0.05, 0.1) is 6.10 Å². The van der Waals surface area contributed by atoms with Gasteiger partial charge in [0.1, 0.15) is 11.4 Å². The highest BCUT2D eigenvalue weighted by Gasteiger charge is 2.43. The molecule has 0 amide bonds. The Kier molecular flexibility index (Phi) is 3.82. The Hall–Kier alpha value is -0.580. The molecular formula is C16H22BrNO2. The van der Waals surface area contributed by atoms with Crippen molar-refractivity contribution in [3.63, 3.8) is 0 Å². The number of aliphatic hydroxyl groups is 1. The van der Waals surface area contributed by atoms with Crippen LogP contribution in [0.3, 0.4) is 0 Å². The fraction of sp³-hybridized carbons (Fsp3) is 0.625. The van der Waals surface area contributed by atoms with Crippen molar-refractivity contribution in [2.24, 2.45) is 0 Å². The number of aliphatic hydroxyl groups excluding tert-OH is 1. The molecule has 1 unspecified atom stereocenters. The zero-order chi connectivity index (χ0) is 14.3. The van der Waals surface area contributed by atoms with E-state index in [1.807, 2.05) is 18.2 Å². The Morgan fingerprint density at radius 3 is 2.70 bits per heavy atom. The van der Waals surface area contributed by atoms with Gasteiger partial charge in [0.25, 0.3) is 0 Å². The van der Waals surface area contributed by atoms with Crippen molar-refractivity contribution in [3.8, 4) is 5.75 Å². The molecular weight excluding hydrogens is 318 g/mol. The van der Waals surface area contributed by atoms with Crippen molar-refractivity contribution in [1.29, 1.82) is 0 Å². The van der Waals surface area contributed by atoms with Gasteiger partial charge < -0.3 is 14.7 Å². The third kappa shape index (κ3) is 2.61. The summed E-state index contributed by atoms with van der Waals surface area (Å²) in [6.45, 7) is 6.58. The van der Waals surface area contributed by atoms with Crippen LogP contribution in [0.4, 0.5) is 0 Å². The smallest absolute Gasteiger partial charge is 0.126 e. The van der Waals surface area contributed by atoms with E-state index >= 15 is 0 Å². The second kappa shape index (κ2) is 5.32. The zero-order valence-electron chi connectivity index (χ0n) is 12.1. The van der Waals surface area contributed by atoms with E-state index in [1.54, 1.807) is 0 Å². The number of piperidine rings is 1. The average Bonchev–Trinajstić information content (AvgIpc) is 2.40. The zero-order valence-corrected chi connectivity index (χ0v) is 13.7. The molecule has 1 saturated heterocycles. The predicted octanol–water partition coefficient (Wildman–Crippen LogP) is 3.51. The van der Waals surface area contributed by atoms with Crippen LogP contribution >= 0.6 is 15.9 Å². The van der Waals surface area contributed by atoms with E-state index in [2.05, 4.69) is 34.7 Å². The van der Waals surface area contributed by atoms with Gasteiger partial charge in [-0.1, -0.05) is 15.9 Å². The van der Waals surface area contributed by atoms with Crippen molar-refractivity contribution in [2.75, 3.05) is 13.1 Å². The quantitative estimate of drug-likeness (QED) is 0.849. The number of benzene rings is 1. The Bertz CT molecular complexity index is 495. The van der Waals surface area contributed by atoms with Gasteiger partial charge in [0.15, 0.2) is 0 Å². The maximum absolute atomic E-state index is 10.5. The summed E-state index contributed by atoms with van der Waals surface area (Å²) in [6, 6.07) is 6.51. The maximum atomic E-state index is 10.5. The monoisotopic (exact) mass is 339 g/mol. The molecule has 1 atom stereocenters. The molecule has 1 aromatic rings. The molecule has 0 aliphatic carbocycles. The summed E-state index contributed by atoms with van der Waals surface area (Å²) < 4.78 is 7.30. The lowest BCUT2D eigenvalue weighted by Gasteiger charge is -2.46. The van der Waals surface area contributed by atoms with Gasteiger partial charge in [-0.2, -0.15) is 0 Å². The number of likely N-dealkylation sites (tertiary alicyclic amines) is 1. The Morgan fingerprint density at radius 2 is 2.05 bits per heavy atom. The van der Waals surface area contributed by atoms with Crippen LogP contribution in [0.1, 0.15) is 44.8 Å². The van der Waals surface area contributed by atoms with Gasteiger partial charge in [-0.15, -0.1) is 0 Å². The van der Waals surface area contributed by atoms with E-state index in [9.17, 15) is 5.11 Å². The van der Waals surface area contributed by atoms with Gasteiger partial charge in [-0.3, -0.25) is 0 Å². The maximum Gasteiger partial charge on any atom is 0.126 e. The number of nitrogens with zero attached hydrogens (tertiary/aromatic N) is 1. The molecule has 4 heteroatoms. The lowest BCUT2D eigenvalue weighted by atomic mass is 9.81. The highest BCUT2D eigenvalue weighted by molar-refractivity contribution is 9.10. The molecule has 1 aromatic carbocycles. The second-order valence-corrected chi connectivity index (χ2v) is 7.23. The van der Waals surface area contributed by atoms with Crippen molar-refractivity contribution in [2.45, 2.75) is 50.9 Å². The van der Waals surface area contributed by atoms with Crippen LogP contribution < -0.4 is 4.74 Å². The first-order valence-corrected chi connectivity index (χ1v) is 8.19. The third-order valence-electron chi connectivity index (χ3n) is 4.66. The van der Waals surface area contributed by atoms with Gasteiger partial charge in [-0.05, 0) is 44.9 Å². The van der Waals surface area contributed by atoms with Crippen molar-refractivity contribution >= 4 is 15.9 Å². The summed E-state index contributed by atoms with van der Waals surface area (Å²) >= 11 is 3.46. The van der Waals surface area contributed by atoms with Gasteiger partial charge >= 0.3 is 0 Å². The number of hydrogen-bond donors (Lipinski definition) is 1. The van der Waals surface area contributed by atoms with Crippen LogP contribution in [-0.4, -0.2) is 34.7 Å². The van der Waals surface area contributed by atoms with E-state index in [0.717, 1.165) is 41.7 Å². The molecule has 2 heterocycles. The van der Waals surface area contributed by atoms with E-state index in [-0.39, 0.29) is 5.60 Å². The van der Waals surface area contributed by atoms with Gasteiger partial charge in [-0.25, -0.2) is 0 Å². The normalized spacial score (nSPS) is 25.6. The highest BCUT2D eigenvalue weighted by Crippen LogP contribution is 2.45. The number of rotatable bonds is 1. The highest BCUT2D eigenvalue weighted by atomic mass is 79.9. The molecule has 1 fully saturated rings. The lowest BCUT2D eigenvalue weighted by Crippen LogP contribution is -2.51. The fourth-order valence-electron chi connectivity index (χ4n) is 3.36. The molecule has 20 heavy (non-hydrogen) atoms. The van der Waals surface area contributed by atoms with Crippen molar-refractivity contribution in [3.05, 3.63) is 28.2 Å². The van der Waals surface area contributed by atoms with Crippen molar-refractivity contribution < 1.29 is 9.84 Å². The third-order valence-corrected chi connectivity index (χ3v) is 5.16. The minimum atomic E-state index is -0.415. The first-order valence-electron chi connectivity index (χ1n) is 7.40. The summed E-state index contributed by atoms with van der Waals surface area (Å²) in [5.74, 6) is 0.852. The average molecular weight is 340 g/mol. The van der Waals surface area contributed by atoms with E-state index < -0.39 is 6.10 Å². The summed E-state index contributed by atoms with van der Waals surface area (Å²) in [6.07, 6.45) is 2.29. The number of halogens is 1. The summed E-state index contributed by atoms with van der Waals surface area (Å²) in [7, 11) is 0. The molecule has 1 spiro atoms. The molecule has 0 aromatic heterocycles. The number of fused-ring (bicyclic) bond motifs is 1. The minimum absolute atomic E-state index is 0.175. The molecule has 2 aliphatic rings. The lowest BCUT2D eigenvalue weighted by molar-refractivity contribution is -0.0580. The first kappa shape index (κ1) is 14.4. The molecule has 0 bridgehead atoms. The Morgan fingerprint density at radius 1 is 1.35 bits per heavy atom. The summed E-state index contributed by atoms with van der Waals surface area (Å²) in [5, 5.41) is 10.5. The topological polar surface area (TPSA) is 32.7 Å². The van der Waals surface area contributed by atoms with Crippen LogP contribution in [0.2, 0.25) is 0 Å². The Balaban J connectivity index is 1.80. The molecule has 0 radical (unpaired) electrons. The Labute approximate surface area is 129 Å². The first-order chi connectivity index (χ1) is 9.49. The van der Waals surface area contributed by atoms with Gasteiger partial charge in [0.2, 0.25) is 0 Å². The van der Waals surface area contributed by atoms with E-state index in [1.165, 1.54) is 0 Å². The van der Waals surface area contributed by atoms with Crippen LogP contribution in [0, 0.1) is 0 Å². The minimum Gasteiger partial charge on any atom is -0.487 e. The molecule has 3 nitrogen and oxygen atoms in total. The van der Waals surface area contributed by atoms with E-state index in [0.29, 0.717) is 12.5 Å². The predicted molar refractivity (Wildman–Crippen MR) is 83.0 cm³/mol. The molecule has 1 N–H and O–H groups in total. The molecule has 0 saturated carbocycles. The molecule has 3 rings (SSSR count). The van der Waals surface area contributed by atoms with E-state index in [4.69, 9.17) is 4.74 Å². The molecule has 110 valence electrons. The van der Waals surface area contributed by atoms with Crippen LogP contribution in [0.15, 0.2) is 22.7 Å². The molecule has 2 aliphatic heterocycles. The van der Waals surface area contributed by atoms with Crippen LogP contribution in [-0.2, 0) is 0 Å². The summed E-state index contributed by atoms with van der Waals surface area (Å²) in [4.78, 5) is 2.48. The second-order valence-electron chi connectivity index (χ2n) is 6.32. The van der Waals surface area contributed by atoms with Crippen molar-refractivity contribution in [1.82, 2.24) is 4.90 Å². The van der Waals surface area contributed by atoms with Crippen LogP contribution in [0.25, 0.3) is 0 Å². The van der Waals surface area contributed by atoms with Gasteiger partial charge in [0, 0.05) is 35.6 Å². The van der Waals surface area contributed by atoms with Crippen LogP contribution in [0.5, 0.6) is 5.75 Å². The SMILES string of the molecule is CC(C)N1CCC2(CC1)CC(O)c1cc(Br)ccc1O2. The number of hydrogen-bond acceptors (Lipinski definition) is 3.